The molecule has 1 saturated heterocycles. The molecule has 2 heterocycles. The van der Waals surface area contributed by atoms with Crippen molar-refractivity contribution in [3.63, 3.8) is 0 Å². The Morgan fingerprint density at radius 1 is 1.16 bits per heavy atom. The summed E-state index contributed by atoms with van der Waals surface area (Å²) in [6.45, 7) is 0.602. The Morgan fingerprint density at radius 2 is 1.84 bits per heavy atom. The van der Waals surface area contributed by atoms with Gasteiger partial charge in [0, 0.05) is 12.2 Å². The van der Waals surface area contributed by atoms with Crippen molar-refractivity contribution in [2.75, 3.05) is 13.2 Å². The predicted octanol–water partition coefficient (Wildman–Crippen LogP) is -0.278. The maximum atomic E-state index is 11.4. The van der Waals surface area contributed by atoms with Crippen LogP contribution in [-0.4, -0.2) is 43.1 Å². The van der Waals surface area contributed by atoms with E-state index in [4.69, 9.17) is 9.31 Å². The lowest BCUT2D eigenvalue weighted by molar-refractivity contribution is -0.137. The molecular formula is C13H12BNO4. The van der Waals surface area contributed by atoms with Crippen LogP contribution in [0.1, 0.15) is 0 Å². The predicted molar refractivity (Wildman–Crippen MR) is 68.5 cm³/mol. The van der Waals surface area contributed by atoms with Gasteiger partial charge in [0.05, 0.1) is 19.3 Å². The SMILES string of the molecule is O=C1C=CC(=O)N1CC1COB(c2ccccc2)O1. The number of imide groups is 1. The molecule has 0 saturated carbocycles. The molecular weight excluding hydrogens is 245 g/mol. The second-order valence-electron chi connectivity index (χ2n) is 4.45. The van der Waals surface area contributed by atoms with Gasteiger partial charge < -0.3 is 9.31 Å². The van der Waals surface area contributed by atoms with E-state index in [0.29, 0.717) is 6.61 Å². The van der Waals surface area contributed by atoms with Crippen LogP contribution in [0.4, 0.5) is 0 Å². The maximum Gasteiger partial charge on any atom is 0.494 e. The molecule has 3 rings (SSSR count). The molecule has 96 valence electrons. The molecule has 1 unspecified atom stereocenters. The van der Waals surface area contributed by atoms with Crippen LogP contribution in [0.15, 0.2) is 42.5 Å². The lowest BCUT2D eigenvalue weighted by atomic mass is 9.79. The highest BCUT2D eigenvalue weighted by molar-refractivity contribution is 6.61. The van der Waals surface area contributed by atoms with Gasteiger partial charge in [0.15, 0.2) is 0 Å². The van der Waals surface area contributed by atoms with Gasteiger partial charge in [-0.1, -0.05) is 30.3 Å². The van der Waals surface area contributed by atoms with Crippen molar-refractivity contribution in [1.29, 1.82) is 0 Å². The smallest absolute Gasteiger partial charge is 0.405 e. The van der Waals surface area contributed by atoms with Gasteiger partial charge in [0.25, 0.3) is 11.8 Å². The lowest BCUT2D eigenvalue weighted by Gasteiger charge is -2.17. The van der Waals surface area contributed by atoms with Crippen LogP contribution in [0.5, 0.6) is 0 Å². The standard InChI is InChI=1S/C13H12BNO4/c16-12-6-7-13(17)15(12)8-11-9-18-14(19-11)10-4-2-1-3-5-10/h1-7,11H,8-9H2. The zero-order valence-corrected chi connectivity index (χ0v) is 10.2. The van der Waals surface area contributed by atoms with Crippen LogP contribution in [0.25, 0.3) is 0 Å². The quantitative estimate of drug-likeness (QED) is 0.552. The number of rotatable bonds is 3. The average molecular weight is 257 g/mol. The molecule has 1 aromatic carbocycles. The van der Waals surface area contributed by atoms with Gasteiger partial charge in [-0.15, -0.1) is 0 Å². The van der Waals surface area contributed by atoms with E-state index in [1.54, 1.807) is 0 Å². The first-order chi connectivity index (χ1) is 9.24. The summed E-state index contributed by atoms with van der Waals surface area (Å²) in [5, 5.41) is 0. The van der Waals surface area contributed by atoms with E-state index in [-0.39, 0.29) is 24.5 Å². The number of carbonyl (C=O) groups excluding carboxylic acids is 2. The fourth-order valence-electron chi connectivity index (χ4n) is 2.14. The van der Waals surface area contributed by atoms with E-state index < -0.39 is 7.12 Å². The molecule has 0 bridgehead atoms. The molecule has 2 aliphatic rings. The van der Waals surface area contributed by atoms with Gasteiger partial charge in [-0.2, -0.15) is 0 Å². The molecule has 0 N–H and O–H groups in total. The number of hydrogen-bond donors (Lipinski definition) is 0. The first-order valence-electron chi connectivity index (χ1n) is 6.09. The van der Waals surface area contributed by atoms with Crippen LogP contribution < -0.4 is 5.46 Å². The Kier molecular flexibility index (Phi) is 3.19. The third kappa shape index (κ3) is 2.45. The van der Waals surface area contributed by atoms with Crippen LogP contribution in [0.3, 0.4) is 0 Å². The first-order valence-corrected chi connectivity index (χ1v) is 6.09. The van der Waals surface area contributed by atoms with Gasteiger partial charge in [0.2, 0.25) is 0 Å². The summed E-state index contributed by atoms with van der Waals surface area (Å²) in [7, 11) is -0.424. The minimum absolute atomic E-state index is 0.230. The number of benzene rings is 1. The second-order valence-corrected chi connectivity index (χ2v) is 4.45. The Morgan fingerprint density at radius 3 is 2.53 bits per heavy atom. The topological polar surface area (TPSA) is 55.8 Å². The van der Waals surface area contributed by atoms with Crippen molar-refractivity contribution in [2.24, 2.45) is 0 Å². The van der Waals surface area contributed by atoms with Gasteiger partial charge in [0.1, 0.15) is 0 Å². The molecule has 1 atom stereocenters. The summed E-state index contributed by atoms with van der Waals surface area (Å²) >= 11 is 0. The summed E-state index contributed by atoms with van der Waals surface area (Å²) < 4.78 is 11.3. The van der Waals surface area contributed by atoms with Crippen molar-refractivity contribution in [1.82, 2.24) is 4.90 Å². The van der Waals surface area contributed by atoms with Crippen LogP contribution >= 0.6 is 0 Å². The molecule has 0 radical (unpaired) electrons. The number of nitrogens with zero attached hydrogens (tertiary/aromatic N) is 1. The molecule has 2 amide bonds. The van der Waals surface area contributed by atoms with E-state index in [2.05, 4.69) is 0 Å². The van der Waals surface area contributed by atoms with Crippen molar-refractivity contribution < 1.29 is 18.9 Å². The highest BCUT2D eigenvalue weighted by Crippen LogP contribution is 2.13. The summed E-state index contributed by atoms with van der Waals surface area (Å²) in [5.41, 5.74) is 0.933. The van der Waals surface area contributed by atoms with E-state index in [1.165, 1.54) is 17.1 Å². The van der Waals surface area contributed by atoms with Crippen molar-refractivity contribution in [2.45, 2.75) is 6.10 Å². The van der Waals surface area contributed by atoms with E-state index in [9.17, 15) is 9.59 Å². The van der Waals surface area contributed by atoms with Crippen molar-refractivity contribution in [3.05, 3.63) is 42.5 Å². The van der Waals surface area contributed by atoms with Gasteiger partial charge in [-0.05, 0) is 5.46 Å². The molecule has 1 aromatic rings. The molecule has 19 heavy (non-hydrogen) atoms. The van der Waals surface area contributed by atoms with E-state index >= 15 is 0 Å². The number of hydrogen-bond acceptors (Lipinski definition) is 4. The zero-order valence-electron chi connectivity index (χ0n) is 10.2. The van der Waals surface area contributed by atoms with Gasteiger partial charge >= 0.3 is 7.12 Å². The maximum absolute atomic E-state index is 11.4. The Hall–Kier alpha value is -1.92. The highest BCUT2D eigenvalue weighted by Gasteiger charge is 2.36. The van der Waals surface area contributed by atoms with Crippen molar-refractivity contribution in [3.8, 4) is 0 Å². The van der Waals surface area contributed by atoms with Crippen LogP contribution in [-0.2, 0) is 18.9 Å². The Labute approximate surface area is 110 Å². The first kappa shape index (κ1) is 12.1. The van der Waals surface area contributed by atoms with E-state index in [1.807, 2.05) is 30.3 Å². The molecule has 1 fully saturated rings. The molecule has 5 nitrogen and oxygen atoms in total. The molecule has 2 aliphatic heterocycles. The van der Waals surface area contributed by atoms with Crippen molar-refractivity contribution >= 4 is 24.4 Å². The van der Waals surface area contributed by atoms with Gasteiger partial charge in [-0.3, -0.25) is 14.5 Å². The molecule has 6 heteroatoms. The fraction of sp³-hybridized carbons (Fsp3) is 0.231. The Balaban J connectivity index is 1.61. The third-order valence-electron chi connectivity index (χ3n) is 3.11. The minimum Gasteiger partial charge on any atom is -0.405 e. The summed E-state index contributed by atoms with van der Waals surface area (Å²) in [6.07, 6.45) is 2.26. The average Bonchev–Trinajstić information content (AvgIpc) is 3.02. The monoisotopic (exact) mass is 257 g/mol. The van der Waals surface area contributed by atoms with Crippen LogP contribution in [0, 0.1) is 0 Å². The summed E-state index contributed by atoms with van der Waals surface area (Å²) in [4.78, 5) is 24.1. The number of amides is 2. The van der Waals surface area contributed by atoms with Gasteiger partial charge in [-0.25, -0.2) is 0 Å². The molecule has 0 spiro atoms. The summed E-state index contributed by atoms with van der Waals surface area (Å²) in [6, 6.07) is 9.57. The largest absolute Gasteiger partial charge is 0.494 e. The fourth-order valence-corrected chi connectivity index (χ4v) is 2.14. The second kappa shape index (κ2) is 4.99. The summed E-state index contributed by atoms with van der Waals surface area (Å²) in [5.74, 6) is -0.589. The molecule has 0 aliphatic carbocycles. The van der Waals surface area contributed by atoms with Crippen LogP contribution in [0.2, 0.25) is 0 Å². The third-order valence-corrected chi connectivity index (χ3v) is 3.11. The van der Waals surface area contributed by atoms with E-state index in [0.717, 1.165) is 5.46 Å². The highest BCUT2D eigenvalue weighted by atomic mass is 16.6. The number of carbonyl (C=O) groups is 2. The normalized spacial score (nSPS) is 22.6. The minimum atomic E-state index is -0.424. The lowest BCUT2D eigenvalue weighted by Crippen LogP contribution is -2.39. The Bertz CT molecular complexity index is 513. The zero-order chi connectivity index (χ0) is 13.2. The molecule has 0 aromatic heterocycles.